The highest BCUT2D eigenvalue weighted by molar-refractivity contribution is 7.89. The van der Waals surface area contributed by atoms with Crippen molar-refractivity contribution in [3.8, 4) is 0 Å². The van der Waals surface area contributed by atoms with Gasteiger partial charge in [0.1, 0.15) is 0 Å². The normalized spacial score (nSPS) is 26.0. The molecule has 4 rings (SSSR count). The molecule has 1 N–H and O–H groups in total. The van der Waals surface area contributed by atoms with Gasteiger partial charge in [0, 0.05) is 19.6 Å². The summed E-state index contributed by atoms with van der Waals surface area (Å²) in [5, 5.41) is 9.32. The van der Waals surface area contributed by atoms with Crippen LogP contribution in [0.5, 0.6) is 0 Å². The maximum Gasteiger partial charge on any atom is 0.307 e. The minimum atomic E-state index is -3.79. The Balaban J connectivity index is 1.72. The number of benzene rings is 1. The molecule has 26 heavy (non-hydrogen) atoms. The molecule has 8 heteroatoms. The predicted octanol–water partition coefficient (Wildman–Crippen LogP) is 1.25. The Bertz CT molecular complexity index is 895. The third-order valence-electron chi connectivity index (χ3n) is 5.60. The van der Waals surface area contributed by atoms with E-state index in [0.717, 1.165) is 29.7 Å². The number of hydrogen-bond donors (Lipinski definition) is 1. The summed E-state index contributed by atoms with van der Waals surface area (Å²) in [6.45, 7) is 2.89. The molecule has 3 heterocycles. The van der Waals surface area contributed by atoms with Gasteiger partial charge >= 0.3 is 5.97 Å². The van der Waals surface area contributed by atoms with Crippen molar-refractivity contribution in [2.45, 2.75) is 37.5 Å². The van der Waals surface area contributed by atoms with Gasteiger partial charge in [-0.05, 0) is 48.4 Å². The van der Waals surface area contributed by atoms with Gasteiger partial charge in [0.2, 0.25) is 15.9 Å². The standard InChI is InChI=1S/C18H22N2O5S/c1-11-5-14(18(22)23)10-19(9-11)26(24,25)15-6-12-3-2-4-20-16(21)8-13(7-15)17(12)20/h6-7,11,14H,2-5,8-10H2,1H3,(H,22,23). The Hall–Kier alpha value is -1.93. The first-order chi connectivity index (χ1) is 12.3. The molecule has 0 aromatic heterocycles. The zero-order valence-electron chi connectivity index (χ0n) is 14.6. The molecule has 0 radical (unpaired) electrons. The van der Waals surface area contributed by atoms with Crippen LogP contribution in [0.1, 0.15) is 30.9 Å². The van der Waals surface area contributed by atoms with Gasteiger partial charge < -0.3 is 10.0 Å². The summed E-state index contributed by atoms with van der Waals surface area (Å²) in [6, 6.07) is 3.28. The van der Waals surface area contributed by atoms with Crippen LogP contribution in [0.3, 0.4) is 0 Å². The van der Waals surface area contributed by atoms with Crippen molar-refractivity contribution in [3.63, 3.8) is 0 Å². The first kappa shape index (κ1) is 17.5. The van der Waals surface area contributed by atoms with Gasteiger partial charge in [-0.25, -0.2) is 8.42 Å². The molecular formula is C18H22N2O5S. The molecule has 1 fully saturated rings. The van der Waals surface area contributed by atoms with E-state index < -0.39 is 21.9 Å². The first-order valence-corrected chi connectivity index (χ1v) is 10.4. The van der Waals surface area contributed by atoms with Crippen molar-refractivity contribution in [2.24, 2.45) is 11.8 Å². The molecule has 1 aromatic carbocycles. The molecule has 0 bridgehead atoms. The van der Waals surface area contributed by atoms with Crippen molar-refractivity contribution in [1.82, 2.24) is 4.31 Å². The largest absolute Gasteiger partial charge is 0.481 e. The predicted molar refractivity (Wildman–Crippen MR) is 94.5 cm³/mol. The van der Waals surface area contributed by atoms with Crippen LogP contribution >= 0.6 is 0 Å². The van der Waals surface area contributed by atoms with E-state index in [4.69, 9.17) is 0 Å². The Morgan fingerprint density at radius 1 is 1.23 bits per heavy atom. The fraction of sp³-hybridized carbons (Fsp3) is 0.556. The lowest BCUT2D eigenvalue weighted by Crippen LogP contribution is -2.45. The number of carbonyl (C=O) groups is 2. The summed E-state index contributed by atoms with van der Waals surface area (Å²) in [5.74, 6) is -1.63. The molecule has 1 aromatic rings. The highest BCUT2D eigenvalue weighted by atomic mass is 32.2. The van der Waals surface area contributed by atoms with Gasteiger partial charge in [0.25, 0.3) is 0 Å². The van der Waals surface area contributed by atoms with E-state index >= 15 is 0 Å². The molecule has 1 amide bonds. The fourth-order valence-corrected chi connectivity index (χ4v) is 6.13. The van der Waals surface area contributed by atoms with Crippen LogP contribution in [0.4, 0.5) is 5.69 Å². The van der Waals surface area contributed by atoms with Crippen LogP contribution in [-0.2, 0) is 32.5 Å². The summed E-state index contributed by atoms with van der Waals surface area (Å²) in [7, 11) is -3.79. The van der Waals surface area contributed by atoms with Crippen LogP contribution in [-0.4, -0.2) is 49.3 Å². The highest BCUT2D eigenvalue weighted by Gasteiger charge is 2.38. The van der Waals surface area contributed by atoms with Gasteiger partial charge in [-0.3, -0.25) is 9.59 Å². The number of sulfonamides is 1. The molecular weight excluding hydrogens is 356 g/mol. The van der Waals surface area contributed by atoms with Gasteiger partial charge in [0.05, 0.1) is 22.9 Å². The summed E-state index contributed by atoms with van der Waals surface area (Å²) in [4.78, 5) is 25.5. The van der Waals surface area contributed by atoms with Crippen LogP contribution in [0.25, 0.3) is 0 Å². The lowest BCUT2D eigenvalue weighted by molar-refractivity contribution is -0.143. The summed E-state index contributed by atoms with van der Waals surface area (Å²) in [5.41, 5.74) is 2.55. The number of carbonyl (C=O) groups excluding carboxylic acids is 1. The molecule has 2 atom stereocenters. The second-order valence-corrected chi connectivity index (χ2v) is 9.55. The monoisotopic (exact) mass is 378 g/mol. The smallest absolute Gasteiger partial charge is 0.307 e. The summed E-state index contributed by atoms with van der Waals surface area (Å²) < 4.78 is 27.7. The van der Waals surface area contributed by atoms with E-state index in [9.17, 15) is 23.1 Å². The average molecular weight is 378 g/mol. The lowest BCUT2D eigenvalue weighted by atomic mass is 9.92. The number of carboxylic acids is 1. The second-order valence-electron chi connectivity index (χ2n) is 7.61. The van der Waals surface area contributed by atoms with E-state index in [1.54, 1.807) is 17.0 Å². The molecule has 3 aliphatic heterocycles. The van der Waals surface area contributed by atoms with E-state index in [0.29, 0.717) is 19.5 Å². The van der Waals surface area contributed by atoms with E-state index in [-0.39, 0.29) is 29.7 Å². The van der Waals surface area contributed by atoms with Crippen molar-refractivity contribution in [2.75, 3.05) is 24.5 Å². The average Bonchev–Trinajstić information content (AvgIpc) is 2.92. The van der Waals surface area contributed by atoms with Crippen LogP contribution in [0.2, 0.25) is 0 Å². The second kappa shape index (κ2) is 6.06. The van der Waals surface area contributed by atoms with E-state index in [2.05, 4.69) is 0 Å². The first-order valence-electron chi connectivity index (χ1n) is 8.96. The topological polar surface area (TPSA) is 95.0 Å². The van der Waals surface area contributed by atoms with Crippen LogP contribution < -0.4 is 4.90 Å². The number of aliphatic carboxylic acids is 1. The summed E-state index contributed by atoms with van der Waals surface area (Å²) >= 11 is 0. The minimum Gasteiger partial charge on any atom is -0.481 e. The summed E-state index contributed by atoms with van der Waals surface area (Å²) in [6.07, 6.45) is 2.30. The number of anilines is 1. The van der Waals surface area contributed by atoms with E-state index in [1.165, 1.54) is 4.31 Å². The van der Waals surface area contributed by atoms with Gasteiger partial charge in [0.15, 0.2) is 0 Å². The molecule has 3 aliphatic rings. The zero-order chi connectivity index (χ0) is 18.6. The lowest BCUT2D eigenvalue weighted by Gasteiger charge is -2.34. The van der Waals surface area contributed by atoms with Crippen LogP contribution in [0, 0.1) is 11.8 Å². The maximum atomic E-state index is 13.2. The van der Waals surface area contributed by atoms with Crippen molar-refractivity contribution in [1.29, 1.82) is 0 Å². The third kappa shape index (κ3) is 2.72. The molecule has 1 saturated heterocycles. The van der Waals surface area contributed by atoms with Gasteiger partial charge in [-0.15, -0.1) is 0 Å². The van der Waals surface area contributed by atoms with Crippen molar-refractivity contribution >= 4 is 27.6 Å². The van der Waals surface area contributed by atoms with E-state index in [1.807, 2.05) is 6.92 Å². The SMILES string of the molecule is CC1CC(C(=O)O)CN(S(=O)(=O)c2cc3c4c(c2)CC(=O)N4CCC3)C1. The number of amides is 1. The number of piperidine rings is 1. The van der Waals surface area contributed by atoms with Crippen LogP contribution in [0.15, 0.2) is 17.0 Å². The number of aryl methyl sites for hydroxylation is 1. The fourth-order valence-electron chi connectivity index (χ4n) is 4.42. The maximum absolute atomic E-state index is 13.2. The number of carboxylic acid groups (broad SMARTS) is 1. The quantitative estimate of drug-likeness (QED) is 0.854. The highest BCUT2D eigenvalue weighted by Crippen LogP contribution is 2.39. The Morgan fingerprint density at radius 3 is 2.69 bits per heavy atom. The number of hydrogen-bond acceptors (Lipinski definition) is 4. The number of nitrogens with zero attached hydrogens (tertiary/aromatic N) is 2. The molecule has 0 saturated carbocycles. The Kier molecular flexibility index (Phi) is 4.07. The van der Waals surface area contributed by atoms with Crippen molar-refractivity contribution in [3.05, 3.63) is 23.3 Å². The minimum absolute atomic E-state index is 0.000516. The number of rotatable bonds is 3. The van der Waals surface area contributed by atoms with Crippen molar-refractivity contribution < 1.29 is 23.1 Å². The van der Waals surface area contributed by atoms with Gasteiger partial charge in [-0.1, -0.05) is 6.92 Å². The Labute approximate surface area is 152 Å². The molecule has 0 spiro atoms. The molecule has 140 valence electrons. The molecule has 2 unspecified atom stereocenters. The third-order valence-corrected chi connectivity index (χ3v) is 7.40. The molecule has 7 nitrogen and oxygen atoms in total. The Morgan fingerprint density at radius 2 is 1.96 bits per heavy atom. The molecule has 0 aliphatic carbocycles. The van der Waals surface area contributed by atoms with Gasteiger partial charge in [-0.2, -0.15) is 4.31 Å². The zero-order valence-corrected chi connectivity index (χ0v) is 15.5.